The fourth-order valence-corrected chi connectivity index (χ4v) is 1.38. The quantitative estimate of drug-likeness (QED) is 0.807. The van der Waals surface area contributed by atoms with Crippen LogP contribution in [0.25, 0.3) is 0 Å². The molecule has 0 atom stereocenters. The molecular weight excluding hydrogens is 217 g/mol. The molecular formula is C14H18FNO. The van der Waals surface area contributed by atoms with Crippen LogP contribution in [0.15, 0.2) is 18.2 Å². The van der Waals surface area contributed by atoms with E-state index in [1.165, 1.54) is 6.07 Å². The van der Waals surface area contributed by atoms with Crippen LogP contribution in [0.2, 0.25) is 0 Å². The first-order chi connectivity index (χ1) is 8.17. The molecule has 0 bridgehead atoms. The second-order valence-corrected chi connectivity index (χ2v) is 3.91. The number of hydrogen-bond donors (Lipinski definition) is 1. The second-order valence-electron chi connectivity index (χ2n) is 3.91. The minimum atomic E-state index is -0.221. The van der Waals surface area contributed by atoms with Gasteiger partial charge in [-0.05, 0) is 25.7 Å². The number of nitrogens with zero attached hydrogens (tertiary/aromatic N) is 1. The third-order valence-electron chi connectivity index (χ3n) is 2.50. The summed E-state index contributed by atoms with van der Waals surface area (Å²) >= 11 is 0. The molecule has 0 aliphatic heterocycles. The third kappa shape index (κ3) is 4.56. The molecule has 92 valence electrons. The Bertz CT molecular complexity index is 420. The summed E-state index contributed by atoms with van der Waals surface area (Å²) in [7, 11) is 1.95. The van der Waals surface area contributed by atoms with E-state index in [1.807, 2.05) is 24.9 Å². The van der Waals surface area contributed by atoms with Gasteiger partial charge in [0.25, 0.3) is 0 Å². The highest BCUT2D eigenvalue weighted by Crippen LogP contribution is 2.11. The van der Waals surface area contributed by atoms with Crippen molar-refractivity contribution >= 4 is 0 Å². The van der Waals surface area contributed by atoms with Gasteiger partial charge in [-0.3, -0.25) is 0 Å². The number of hydrogen-bond acceptors (Lipinski definition) is 2. The predicted octanol–water partition coefficient (Wildman–Crippen LogP) is 2.01. The maximum Gasteiger partial charge on any atom is 0.128 e. The van der Waals surface area contributed by atoms with Gasteiger partial charge in [0.2, 0.25) is 0 Å². The van der Waals surface area contributed by atoms with Crippen molar-refractivity contribution in [3.05, 3.63) is 35.1 Å². The lowest BCUT2D eigenvalue weighted by Crippen LogP contribution is -2.17. The highest BCUT2D eigenvalue weighted by Gasteiger charge is 2.04. The van der Waals surface area contributed by atoms with Gasteiger partial charge in [-0.15, -0.1) is 0 Å². The lowest BCUT2D eigenvalue weighted by atomic mass is 10.1. The van der Waals surface area contributed by atoms with Gasteiger partial charge < -0.3 is 10.0 Å². The first-order valence-corrected chi connectivity index (χ1v) is 5.74. The zero-order valence-corrected chi connectivity index (χ0v) is 10.3. The molecule has 0 spiro atoms. The predicted molar refractivity (Wildman–Crippen MR) is 67.0 cm³/mol. The summed E-state index contributed by atoms with van der Waals surface area (Å²) in [5, 5.41) is 8.59. The largest absolute Gasteiger partial charge is 0.395 e. The first-order valence-electron chi connectivity index (χ1n) is 5.74. The second kappa shape index (κ2) is 7.05. The van der Waals surface area contributed by atoms with Crippen molar-refractivity contribution in [3.63, 3.8) is 0 Å². The van der Waals surface area contributed by atoms with Gasteiger partial charge in [-0.25, -0.2) is 4.39 Å². The number of halogens is 1. The van der Waals surface area contributed by atoms with Crippen molar-refractivity contribution in [2.45, 2.75) is 19.9 Å². The Kier molecular flexibility index (Phi) is 5.68. The van der Waals surface area contributed by atoms with E-state index < -0.39 is 0 Å². The standard InChI is InChI=1S/C14H18FNO/c1-3-16(2)11-13-8-7-12(10-14(13)15)6-4-5-9-17/h7-8,10,17H,3,5,9,11H2,1-2H3. The summed E-state index contributed by atoms with van der Waals surface area (Å²) in [5.74, 6) is 5.37. The van der Waals surface area contributed by atoms with Gasteiger partial charge in [-0.2, -0.15) is 0 Å². The maximum atomic E-state index is 13.7. The fraction of sp³-hybridized carbons (Fsp3) is 0.429. The van der Waals surface area contributed by atoms with Crippen molar-refractivity contribution in [1.82, 2.24) is 4.90 Å². The molecule has 17 heavy (non-hydrogen) atoms. The summed E-state index contributed by atoms with van der Waals surface area (Å²) in [5.41, 5.74) is 1.33. The minimum Gasteiger partial charge on any atom is -0.395 e. The van der Waals surface area contributed by atoms with Crippen molar-refractivity contribution in [2.75, 3.05) is 20.2 Å². The Balaban J connectivity index is 2.76. The summed E-state index contributed by atoms with van der Waals surface area (Å²) in [6.07, 6.45) is 0.419. The maximum absolute atomic E-state index is 13.7. The van der Waals surface area contributed by atoms with Crippen LogP contribution < -0.4 is 0 Å². The molecule has 0 aromatic heterocycles. The molecule has 1 N–H and O–H groups in total. The molecule has 1 rings (SSSR count). The van der Waals surface area contributed by atoms with Crippen LogP contribution in [0.3, 0.4) is 0 Å². The molecule has 1 aromatic rings. The summed E-state index contributed by atoms with van der Waals surface area (Å²) in [4.78, 5) is 2.04. The van der Waals surface area contributed by atoms with Crippen molar-refractivity contribution in [3.8, 4) is 11.8 Å². The number of benzene rings is 1. The summed E-state index contributed by atoms with van der Waals surface area (Å²) < 4.78 is 13.7. The zero-order valence-electron chi connectivity index (χ0n) is 10.3. The molecule has 0 radical (unpaired) electrons. The molecule has 2 nitrogen and oxygen atoms in total. The Morgan fingerprint density at radius 2 is 2.18 bits per heavy atom. The molecule has 0 saturated carbocycles. The highest BCUT2D eigenvalue weighted by molar-refractivity contribution is 5.37. The van der Waals surface area contributed by atoms with Crippen LogP contribution in [-0.4, -0.2) is 30.2 Å². The van der Waals surface area contributed by atoms with E-state index in [0.717, 1.165) is 6.54 Å². The average molecular weight is 235 g/mol. The molecule has 0 unspecified atom stereocenters. The van der Waals surface area contributed by atoms with Crippen LogP contribution in [0.5, 0.6) is 0 Å². The highest BCUT2D eigenvalue weighted by atomic mass is 19.1. The molecule has 0 heterocycles. The Morgan fingerprint density at radius 1 is 1.41 bits per heavy atom. The van der Waals surface area contributed by atoms with Gasteiger partial charge in [-0.1, -0.05) is 24.8 Å². The Labute approximate surface area is 102 Å². The SMILES string of the molecule is CCN(C)Cc1ccc(C#CCCO)cc1F. The molecule has 1 aromatic carbocycles. The Morgan fingerprint density at radius 3 is 2.76 bits per heavy atom. The van der Waals surface area contributed by atoms with Crippen molar-refractivity contribution in [2.24, 2.45) is 0 Å². The van der Waals surface area contributed by atoms with Gasteiger partial charge in [0.15, 0.2) is 0 Å². The monoisotopic (exact) mass is 235 g/mol. The van der Waals surface area contributed by atoms with Crippen LogP contribution in [0, 0.1) is 17.7 Å². The minimum absolute atomic E-state index is 0.0366. The van der Waals surface area contributed by atoms with Gasteiger partial charge in [0.05, 0.1) is 6.61 Å². The summed E-state index contributed by atoms with van der Waals surface area (Å²) in [6.45, 7) is 3.56. The lowest BCUT2D eigenvalue weighted by molar-refractivity contribution is 0.305. The molecule has 0 aliphatic rings. The van der Waals surface area contributed by atoms with Crippen LogP contribution in [-0.2, 0) is 6.54 Å². The van der Waals surface area contributed by atoms with Crippen LogP contribution in [0.4, 0.5) is 4.39 Å². The van der Waals surface area contributed by atoms with Gasteiger partial charge >= 0.3 is 0 Å². The van der Waals surface area contributed by atoms with E-state index in [-0.39, 0.29) is 12.4 Å². The van der Waals surface area contributed by atoms with E-state index in [2.05, 4.69) is 11.8 Å². The van der Waals surface area contributed by atoms with Gasteiger partial charge in [0.1, 0.15) is 5.82 Å². The number of aliphatic hydroxyl groups is 1. The van der Waals surface area contributed by atoms with Crippen LogP contribution in [0.1, 0.15) is 24.5 Å². The first kappa shape index (κ1) is 13.7. The molecule has 0 saturated heterocycles. The number of rotatable bonds is 4. The fourth-order valence-electron chi connectivity index (χ4n) is 1.38. The smallest absolute Gasteiger partial charge is 0.128 e. The van der Waals surface area contributed by atoms with E-state index >= 15 is 0 Å². The van der Waals surface area contributed by atoms with Crippen molar-refractivity contribution in [1.29, 1.82) is 0 Å². The topological polar surface area (TPSA) is 23.5 Å². The van der Waals surface area contributed by atoms with E-state index in [1.54, 1.807) is 6.07 Å². The average Bonchev–Trinajstić information content (AvgIpc) is 2.32. The number of aliphatic hydroxyl groups excluding tert-OH is 1. The normalized spacial score (nSPS) is 10.2. The molecule has 0 aliphatic carbocycles. The van der Waals surface area contributed by atoms with Crippen LogP contribution >= 0.6 is 0 Å². The Hall–Kier alpha value is -1.37. The van der Waals surface area contributed by atoms with E-state index in [0.29, 0.717) is 24.1 Å². The van der Waals surface area contributed by atoms with E-state index in [9.17, 15) is 4.39 Å². The molecule has 0 fully saturated rings. The van der Waals surface area contributed by atoms with Crippen molar-refractivity contribution < 1.29 is 9.50 Å². The van der Waals surface area contributed by atoms with Gasteiger partial charge in [0, 0.05) is 24.1 Å². The summed E-state index contributed by atoms with van der Waals surface area (Å²) in [6, 6.07) is 5.03. The van der Waals surface area contributed by atoms with E-state index in [4.69, 9.17) is 5.11 Å². The lowest BCUT2D eigenvalue weighted by Gasteiger charge is -2.14. The third-order valence-corrected chi connectivity index (χ3v) is 2.50. The molecule has 0 amide bonds. The molecule has 3 heteroatoms. The zero-order chi connectivity index (χ0) is 12.7.